The molecule has 0 N–H and O–H groups in total. The minimum Gasteiger partial charge on any atom is -0.358 e. The molecule has 0 aliphatic heterocycles. The molecule has 2 heterocycles. The molecule has 0 aliphatic rings. The molecule has 0 saturated heterocycles. The molecular weight excluding hydrogens is 294 g/mol. The Morgan fingerprint density at radius 1 is 1.50 bits per heavy atom. The van der Waals surface area contributed by atoms with E-state index in [9.17, 15) is 10.1 Å². The predicted molar refractivity (Wildman–Crippen MR) is 70.3 cm³/mol. The van der Waals surface area contributed by atoms with Gasteiger partial charge in [-0.05, 0) is 27.4 Å². The van der Waals surface area contributed by atoms with Crippen LogP contribution in [0.3, 0.4) is 0 Å². The lowest BCUT2D eigenvalue weighted by molar-refractivity contribution is -0.392. The minimum absolute atomic E-state index is 0.151. The summed E-state index contributed by atoms with van der Waals surface area (Å²) in [4.78, 5) is 14.1. The fourth-order valence-corrected chi connectivity index (χ4v) is 4.09. The number of nitro groups is 1. The van der Waals surface area contributed by atoms with E-state index < -0.39 is 4.92 Å². The summed E-state index contributed by atoms with van der Waals surface area (Å²) in [6.45, 7) is 2.03. The van der Waals surface area contributed by atoms with Crippen LogP contribution in [0, 0.1) is 10.1 Å². The fourth-order valence-electron chi connectivity index (χ4n) is 1.15. The van der Waals surface area contributed by atoms with Gasteiger partial charge in [-0.15, -0.1) is 10.2 Å². The van der Waals surface area contributed by atoms with Gasteiger partial charge >= 0.3 is 5.82 Å². The first-order valence-electron chi connectivity index (χ1n) is 4.91. The molecule has 0 atom stereocenters. The van der Waals surface area contributed by atoms with Gasteiger partial charge in [0.05, 0.1) is 0 Å². The topological polar surface area (TPSA) is 86.7 Å². The molecule has 96 valence electrons. The molecule has 0 saturated carbocycles. The van der Waals surface area contributed by atoms with Crippen molar-refractivity contribution in [3.05, 3.63) is 16.4 Å². The second-order valence-electron chi connectivity index (χ2n) is 3.11. The fraction of sp³-hybridized carbons (Fsp3) is 0.375. The third-order valence-corrected chi connectivity index (χ3v) is 5.03. The van der Waals surface area contributed by atoms with E-state index in [0.717, 1.165) is 10.1 Å². The molecule has 2 aromatic rings. The van der Waals surface area contributed by atoms with Gasteiger partial charge in [-0.1, -0.05) is 30.0 Å². The van der Waals surface area contributed by atoms with Gasteiger partial charge < -0.3 is 14.7 Å². The molecule has 0 spiro atoms. The predicted octanol–water partition coefficient (Wildman–Crippen LogP) is 2.44. The first kappa shape index (κ1) is 13.3. The Morgan fingerprint density at radius 3 is 2.89 bits per heavy atom. The van der Waals surface area contributed by atoms with Gasteiger partial charge in [-0.25, -0.2) is 0 Å². The second-order valence-corrected chi connectivity index (χ2v) is 6.83. The molecule has 0 radical (unpaired) electrons. The summed E-state index contributed by atoms with van der Waals surface area (Å²) in [5.41, 5.74) is 0. The van der Waals surface area contributed by atoms with Gasteiger partial charge in [0.1, 0.15) is 0 Å². The Morgan fingerprint density at radius 2 is 2.22 bits per heavy atom. The minimum atomic E-state index is -0.495. The zero-order chi connectivity index (χ0) is 13.1. The van der Waals surface area contributed by atoms with Gasteiger partial charge in [-0.3, -0.25) is 0 Å². The Hall–Kier alpha value is -1.13. The van der Waals surface area contributed by atoms with E-state index in [1.165, 1.54) is 29.4 Å². The van der Waals surface area contributed by atoms with Crippen molar-refractivity contribution in [3.63, 3.8) is 0 Å². The van der Waals surface area contributed by atoms with Crippen LogP contribution in [0.2, 0.25) is 0 Å². The highest BCUT2D eigenvalue weighted by Gasteiger charge is 2.22. The summed E-state index contributed by atoms with van der Waals surface area (Å²) >= 11 is 4.24. The molecule has 0 fully saturated rings. The largest absolute Gasteiger partial charge is 0.396 e. The standard InChI is InChI=1S/C8H9N5O2S3/c1-3-16-7-10-11-8(18-7)17-6-5(13(14)15)9-4-12(6)2/h4H,3H2,1-2H3. The van der Waals surface area contributed by atoms with E-state index in [1.54, 1.807) is 23.4 Å². The number of rotatable bonds is 5. The van der Waals surface area contributed by atoms with Crippen LogP contribution in [0.15, 0.2) is 20.0 Å². The van der Waals surface area contributed by atoms with Crippen LogP contribution in [0.5, 0.6) is 0 Å². The summed E-state index contributed by atoms with van der Waals surface area (Å²) in [5, 5.41) is 19.3. The molecule has 0 amide bonds. The van der Waals surface area contributed by atoms with E-state index >= 15 is 0 Å². The van der Waals surface area contributed by atoms with Crippen molar-refractivity contribution < 1.29 is 4.92 Å². The molecule has 0 aliphatic carbocycles. The molecule has 0 aromatic carbocycles. The van der Waals surface area contributed by atoms with E-state index in [1.807, 2.05) is 6.92 Å². The number of aryl methyl sites for hydroxylation is 1. The highest BCUT2D eigenvalue weighted by molar-refractivity contribution is 8.03. The summed E-state index contributed by atoms with van der Waals surface area (Å²) < 4.78 is 3.15. The zero-order valence-corrected chi connectivity index (χ0v) is 12.0. The lowest BCUT2D eigenvalue weighted by atomic mass is 10.8. The monoisotopic (exact) mass is 303 g/mol. The highest BCUT2D eigenvalue weighted by atomic mass is 32.2. The maximum atomic E-state index is 10.8. The molecule has 0 unspecified atom stereocenters. The number of hydrogen-bond donors (Lipinski definition) is 0. The van der Waals surface area contributed by atoms with Crippen molar-refractivity contribution in [2.75, 3.05) is 5.75 Å². The molecular formula is C8H9N5O2S3. The SMILES string of the molecule is CCSc1nnc(Sc2c([N+](=O)[O-])ncn2C)s1. The van der Waals surface area contributed by atoms with Crippen molar-refractivity contribution in [1.29, 1.82) is 0 Å². The van der Waals surface area contributed by atoms with Crippen LogP contribution in [0.4, 0.5) is 5.82 Å². The third kappa shape index (κ3) is 2.82. The number of aromatic nitrogens is 4. The third-order valence-electron chi connectivity index (χ3n) is 1.88. The first-order valence-corrected chi connectivity index (χ1v) is 7.53. The number of hydrogen-bond acceptors (Lipinski definition) is 8. The molecule has 2 aromatic heterocycles. The lowest BCUT2D eigenvalue weighted by Crippen LogP contribution is -1.93. The van der Waals surface area contributed by atoms with Gasteiger partial charge in [-0.2, -0.15) is 0 Å². The highest BCUT2D eigenvalue weighted by Crippen LogP contribution is 2.36. The Balaban J connectivity index is 2.22. The van der Waals surface area contributed by atoms with Crippen LogP contribution in [-0.4, -0.2) is 30.4 Å². The second kappa shape index (κ2) is 5.67. The summed E-state index contributed by atoms with van der Waals surface area (Å²) in [7, 11) is 1.71. The van der Waals surface area contributed by atoms with Crippen molar-refractivity contribution in [3.8, 4) is 0 Å². The van der Waals surface area contributed by atoms with Crippen molar-refractivity contribution in [2.24, 2.45) is 7.05 Å². The maximum Gasteiger partial charge on any atom is 0.396 e. The maximum absolute atomic E-state index is 10.8. The Bertz CT molecular complexity index is 567. The molecule has 10 heteroatoms. The molecule has 7 nitrogen and oxygen atoms in total. The van der Waals surface area contributed by atoms with Crippen LogP contribution in [0.1, 0.15) is 6.92 Å². The normalized spacial score (nSPS) is 10.8. The van der Waals surface area contributed by atoms with Gasteiger partial charge in [0, 0.05) is 7.05 Å². The molecule has 18 heavy (non-hydrogen) atoms. The summed E-state index contributed by atoms with van der Waals surface area (Å²) in [6.07, 6.45) is 1.42. The van der Waals surface area contributed by atoms with Crippen LogP contribution in [-0.2, 0) is 7.05 Å². The summed E-state index contributed by atoms with van der Waals surface area (Å²) in [5.74, 6) is 0.771. The van der Waals surface area contributed by atoms with Crippen molar-refractivity contribution in [2.45, 2.75) is 20.6 Å². The van der Waals surface area contributed by atoms with E-state index in [4.69, 9.17) is 0 Å². The van der Waals surface area contributed by atoms with E-state index in [0.29, 0.717) is 9.37 Å². The van der Waals surface area contributed by atoms with Crippen LogP contribution >= 0.6 is 34.9 Å². The smallest absolute Gasteiger partial charge is 0.358 e. The Labute approximate surface area is 115 Å². The quantitative estimate of drug-likeness (QED) is 0.476. The Kier molecular flexibility index (Phi) is 4.19. The number of imidazole rings is 1. The summed E-state index contributed by atoms with van der Waals surface area (Å²) in [6, 6.07) is 0. The zero-order valence-electron chi connectivity index (χ0n) is 9.56. The first-order chi connectivity index (χ1) is 8.61. The van der Waals surface area contributed by atoms with E-state index in [-0.39, 0.29) is 5.82 Å². The van der Waals surface area contributed by atoms with Gasteiger partial charge in [0.15, 0.2) is 13.7 Å². The van der Waals surface area contributed by atoms with Gasteiger partial charge in [0.2, 0.25) is 6.33 Å². The molecule has 0 bridgehead atoms. The van der Waals surface area contributed by atoms with Crippen LogP contribution in [0.25, 0.3) is 0 Å². The van der Waals surface area contributed by atoms with E-state index in [2.05, 4.69) is 15.2 Å². The van der Waals surface area contributed by atoms with Gasteiger partial charge in [0.25, 0.3) is 0 Å². The number of nitrogens with zero attached hydrogens (tertiary/aromatic N) is 5. The van der Waals surface area contributed by atoms with Crippen LogP contribution < -0.4 is 0 Å². The molecule has 2 rings (SSSR count). The average Bonchev–Trinajstić information content (AvgIpc) is 2.89. The van der Waals surface area contributed by atoms with Crippen molar-refractivity contribution >= 4 is 40.7 Å². The van der Waals surface area contributed by atoms with Crippen molar-refractivity contribution in [1.82, 2.24) is 19.7 Å². The lowest BCUT2D eigenvalue weighted by Gasteiger charge is -1.97. The average molecular weight is 303 g/mol. The number of thioether (sulfide) groups is 1.